The molecule has 0 aliphatic rings. The monoisotopic (exact) mass is 221 g/mol. The number of hydrogen-bond acceptors (Lipinski definition) is 3. The van der Waals surface area contributed by atoms with E-state index in [1.165, 1.54) is 0 Å². The zero-order chi connectivity index (χ0) is 9.28. The molecule has 1 amide bonds. The van der Waals surface area contributed by atoms with E-state index in [0.29, 0.717) is 6.61 Å². The van der Waals surface area contributed by atoms with Crippen molar-refractivity contribution in [3.63, 3.8) is 0 Å². The number of rotatable bonds is 2. The van der Waals surface area contributed by atoms with Crippen LogP contribution in [0.1, 0.15) is 6.92 Å². The van der Waals surface area contributed by atoms with Crippen LogP contribution >= 0.6 is 0 Å². The van der Waals surface area contributed by atoms with Crippen molar-refractivity contribution >= 4 is 49.8 Å². The van der Waals surface area contributed by atoms with Gasteiger partial charge < -0.3 is 21.1 Å². The first-order chi connectivity index (χ1) is 5.04. The Kier molecular flexibility index (Phi) is 31.3. The summed E-state index contributed by atoms with van der Waals surface area (Å²) in [5, 5.41) is 7.60. The summed E-state index contributed by atoms with van der Waals surface area (Å²) >= 11 is 0. The molecule has 0 unspecified atom stereocenters. The second-order valence-electron chi connectivity index (χ2n) is 1.29. The topological polar surface area (TPSA) is 121 Å². The molecule has 0 aromatic heterocycles. The fourth-order valence-electron chi connectivity index (χ4n) is 0.142. The van der Waals surface area contributed by atoms with Gasteiger partial charge in [0.1, 0.15) is 0 Å². The third-order valence-electron chi connectivity index (χ3n) is 0.461. The Morgan fingerprint density at radius 3 is 1.92 bits per heavy atom. The van der Waals surface area contributed by atoms with Gasteiger partial charge in [-0.05, 0) is 6.92 Å². The van der Waals surface area contributed by atoms with Gasteiger partial charge in [-0.25, -0.2) is 9.59 Å². The summed E-state index contributed by atoms with van der Waals surface area (Å²) in [6, 6.07) is 0. The number of carbonyl (C=O) groups is 2. The zero-order valence-corrected chi connectivity index (χ0v) is 6.74. The van der Waals surface area contributed by atoms with Gasteiger partial charge in [0.15, 0.2) is 0 Å². The molecule has 7 heteroatoms. The van der Waals surface area contributed by atoms with E-state index in [1.807, 2.05) is 0 Å². The molecule has 0 bridgehead atoms. The Balaban J connectivity index is -0.0000000546. The van der Waals surface area contributed by atoms with Crippen molar-refractivity contribution in [2.45, 2.75) is 6.92 Å². The van der Waals surface area contributed by atoms with Gasteiger partial charge in [-0.3, -0.25) is 0 Å². The van der Waals surface area contributed by atoms with E-state index >= 15 is 0 Å². The van der Waals surface area contributed by atoms with Crippen molar-refractivity contribution in [2.75, 3.05) is 6.61 Å². The van der Waals surface area contributed by atoms with Crippen LogP contribution in [0.4, 0.5) is 4.79 Å². The maximum atomic E-state index is 9.60. The van der Waals surface area contributed by atoms with Crippen LogP contribution in [-0.4, -0.2) is 67.0 Å². The minimum atomic E-state index is -0.981. The van der Waals surface area contributed by atoms with E-state index in [0.717, 1.165) is 6.08 Å². The Labute approximate surface area is 106 Å². The number of nitrogens with two attached hydrogens (primary N) is 1. The van der Waals surface area contributed by atoms with Crippen LogP contribution in [0.5, 0.6) is 0 Å². The molecule has 0 aliphatic carbocycles. The Hall–Kier alpha value is -0.300. The number of carbonyl (C=O) groups excluding carboxylic acids is 1. The molecule has 0 aliphatic heterocycles. The van der Waals surface area contributed by atoms with Gasteiger partial charge in [-0.2, -0.15) is 0 Å². The average molecular weight is 221 g/mol. The zero-order valence-electron chi connectivity index (χ0n) is 6.74. The van der Waals surface area contributed by atoms with E-state index < -0.39 is 12.1 Å². The van der Waals surface area contributed by atoms with Crippen molar-refractivity contribution < 1.29 is 24.9 Å². The summed E-state index contributed by atoms with van der Waals surface area (Å²) in [4.78, 5) is 18.8. The molecule has 0 radical (unpaired) electrons. The maximum absolute atomic E-state index is 9.60. The molecule has 0 atom stereocenters. The van der Waals surface area contributed by atoms with E-state index in [-0.39, 0.29) is 43.2 Å². The first kappa shape index (κ1) is 23.0. The third kappa shape index (κ3) is 49.8. The van der Waals surface area contributed by atoms with Gasteiger partial charge in [0.05, 0.1) is 6.61 Å². The van der Waals surface area contributed by atoms with Gasteiger partial charge >= 0.3 is 49.8 Å². The van der Waals surface area contributed by atoms with Gasteiger partial charge in [-0.15, -0.1) is 0 Å². The van der Waals surface area contributed by atoms with Crippen molar-refractivity contribution in [1.82, 2.24) is 0 Å². The number of primary amides is 1. The molecular weight excluding hydrogens is 206 g/mol. The average Bonchev–Trinajstić information content (AvgIpc) is 1.89. The predicted octanol–water partition coefficient (Wildman–Crippen LogP) is -1.38. The first-order valence-corrected chi connectivity index (χ1v) is 2.82. The van der Waals surface area contributed by atoms with Crippen LogP contribution in [0.15, 0.2) is 12.7 Å². The Bertz CT molecular complexity index is 150. The molecule has 0 rings (SSSR count). The third-order valence-corrected chi connectivity index (χ3v) is 0.461. The molecule has 76 valence electrons. The van der Waals surface area contributed by atoms with Crippen molar-refractivity contribution in [3.05, 3.63) is 12.7 Å². The van der Waals surface area contributed by atoms with E-state index in [1.54, 1.807) is 6.92 Å². The fraction of sp³-hybridized carbons (Fsp3) is 0.333. The number of carboxylic acids is 1. The van der Waals surface area contributed by atoms with Crippen LogP contribution < -0.4 is 5.73 Å². The number of carboxylic acid groups (broad SMARTS) is 1. The van der Waals surface area contributed by atoms with Crippen molar-refractivity contribution in [2.24, 2.45) is 5.73 Å². The molecule has 5 N–H and O–H groups in total. The van der Waals surface area contributed by atoms with Gasteiger partial charge in [0.2, 0.25) is 0 Å². The summed E-state index contributed by atoms with van der Waals surface area (Å²) in [5.41, 5.74) is 4.54. The number of ether oxygens (including phenoxy) is 1. The van der Waals surface area contributed by atoms with E-state index in [2.05, 4.69) is 17.0 Å². The van der Waals surface area contributed by atoms with E-state index in [4.69, 9.17) is 5.11 Å². The van der Waals surface area contributed by atoms with Crippen molar-refractivity contribution in [1.29, 1.82) is 0 Å². The second-order valence-corrected chi connectivity index (χ2v) is 1.29. The normalized spacial score (nSPS) is 5.92. The van der Waals surface area contributed by atoms with Crippen LogP contribution in [0, 0.1) is 0 Å². The summed E-state index contributed by atoms with van der Waals surface area (Å²) in [6.07, 6.45) is 0.123. The van der Waals surface area contributed by atoms with Crippen molar-refractivity contribution in [3.8, 4) is 0 Å². The Morgan fingerprint density at radius 2 is 1.92 bits per heavy atom. The van der Waals surface area contributed by atoms with Crippen LogP contribution in [0.25, 0.3) is 0 Å². The van der Waals surface area contributed by atoms with Gasteiger partial charge in [0.25, 0.3) is 0 Å². The molecule has 0 aromatic carbocycles. The summed E-state index contributed by atoms with van der Waals surface area (Å²) < 4.78 is 4.18. The standard InChI is InChI=1S/C3H7NO2.C3H4O2.Ca.H2O.2H/c1-2-6-3(4)5;1-2-3(4)5;;;;/h2H2,1H3,(H2,4,5);2H,1H2,(H,4,5);;1H2;;. The van der Waals surface area contributed by atoms with Crippen LogP contribution in [0.2, 0.25) is 0 Å². The van der Waals surface area contributed by atoms with Gasteiger partial charge in [0, 0.05) is 6.08 Å². The van der Waals surface area contributed by atoms with Gasteiger partial charge in [-0.1, -0.05) is 6.58 Å². The molecule has 0 saturated heterocycles. The molecule has 6 nitrogen and oxygen atoms in total. The first-order valence-electron chi connectivity index (χ1n) is 2.82. The second kappa shape index (κ2) is 17.7. The SMILES string of the molecule is C=CC(=O)O.CCOC(N)=O.O.[CaH2]. The molecule has 0 aromatic rings. The molecule has 0 fully saturated rings. The molecule has 13 heavy (non-hydrogen) atoms. The summed E-state index contributed by atoms with van der Waals surface area (Å²) in [5.74, 6) is -0.981. The quantitative estimate of drug-likeness (QED) is 0.440. The fourth-order valence-corrected chi connectivity index (χ4v) is 0.142. The summed E-state index contributed by atoms with van der Waals surface area (Å²) in [6.45, 7) is 5.02. The molecular formula is C6H15CaNO5. The molecule has 0 saturated carbocycles. The Morgan fingerprint density at radius 1 is 1.62 bits per heavy atom. The molecule has 0 heterocycles. The summed E-state index contributed by atoms with van der Waals surface area (Å²) in [7, 11) is 0. The number of hydrogen-bond donors (Lipinski definition) is 2. The van der Waals surface area contributed by atoms with E-state index in [9.17, 15) is 9.59 Å². The molecule has 0 spiro atoms. The number of aliphatic carboxylic acids is 1. The predicted molar refractivity (Wildman–Crippen MR) is 51.2 cm³/mol. The van der Waals surface area contributed by atoms with Crippen LogP contribution in [0.3, 0.4) is 0 Å². The number of amides is 1. The van der Waals surface area contributed by atoms with Crippen LogP contribution in [-0.2, 0) is 9.53 Å². The minimum absolute atomic E-state index is 0.